The molecule has 0 bridgehead atoms. The Hall–Kier alpha value is -0.500. The second-order valence-electron chi connectivity index (χ2n) is 2.58. The lowest BCUT2D eigenvalue weighted by atomic mass is 10.2. The zero-order valence-electron chi connectivity index (χ0n) is 5.92. The van der Waals surface area contributed by atoms with Gasteiger partial charge in [0.1, 0.15) is 0 Å². The minimum Gasteiger partial charge on any atom is -0.249 e. The molecule has 0 atom stereocenters. The standard InChI is InChI=1S/C8H9NS/c1-6-4-7-2-3-10-8(7)9-5-6/h4-5H,2-3H2,1H3. The van der Waals surface area contributed by atoms with Crippen LogP contribution in [0.15, 0.2) is 17.3 Å². The van der Waals surface area contributed by atoms with E-state index in [1.54, 1.807) is 0 Å². The molecule has 1 aliphatic rings. The number of fused-ring (bicyclic) bond motifs is 1. The number of nitrogens with zero attached hydrogens (tertiary/aromatic N) is 1. The van der Waals surface area contributed by atoms with Gasteiger partial charge < -0.3 is 0 Å². The first kappa shape index (κ1) is 6.23. The van der Waals surface area contributed by atoms with Crippen LogP contribution in [-0.4, -0.2) is 10.7 Å². The summed E-state index contributed by atoms with van der Waals surface area (Å²) in [4.78, 5) is 4.32. The van der Waals surface area contributed by atoms with E-state index in [-0.39, 0.29) is 0 Å². The molecule has 0 fully saturated rings. The average molecular weight is 151 g/mol. The van der Waals surface area contributed by atoms with Gasteiger partial charge in [0.05, 0.1) is 5.03 Å². The zero-order chi connectivity index (χ0) is 6.97. The maximum atomic E-state index is 4.32. The third kappa shape index (κ3) is 0.926. The van der Waals surface area contributed by atoms with Crippen molar-refractivity contribution in [3.05, 3.63) is 23.4 Å². The van der Waals surface area contributed by atoms with Gasteiger partial charge in [-0.25, -0.2) is 4.98 Å². The van der Waals surface area contributed by atoms with E-state index in [1.165, 1.54) is 28.3 Å². The molecule has 0 spiro atoms. The molecular weight excluding hydrogens is 142 g/mol. The maximum Gasteiger partial charge on any atom is 0.0992 e. The van der Waals surface area contributed by atoms with Crippen LogP contribution >= 0.6 is 11.8 Å². The van der Waals surface area contributed by atoms with Gasteiger partial charge in [0.25, 0.3) is 0 Å². The van der Waals surface area contributed by atoms with Crippen LogP contribution in [-0.2, 0) is 6.42 Å². The quantitative estimate of drug-likeness (QED) is 0.562. The van der Waals surface area contributed by atoms with Gasteiger partial charge >= 0.3 is 0 Å². The molecular formula is C8H9NS. The van der Waals surface area contributed by atoms with E-state index in [9.17, 15) is 0 Å². The maximum absolute atomic E-state index is 4.32. The number of aromatic nitrogens is 1. The highest BCUT2D eigenvalue weighted by Crippen LogP contribution is 2.28. The zero-order valence-corrected chi connectivity index (χ0v) is 6.74. The van der Waals surface area contributed by atoms with Crippen molar-refractivity contribution in [2.45, 2.75) is 18.4 Å². The molecule has 2 heterocycles. The molecule has 1 aromatic heterocycles. The molecule has 0 amide bonds. The van der Waals surface area contributed by atoms with Crippen LogP contribution in [0.4, 0.5) is 0 Å². The van der Waals surface area contributed by atoms with E-state index >= 15 is 0 Å². The van der Waals surface area contributed by atoms with Gasteiger partial charge in [-0.15, -0.1) is 11.8 Å². The van der Waals surface area contributed by atoms with Crippen molar-refractivity contribution in [3.8, 4) is 0 Å². The summed E-state index contributed by atoms with van der Waals surface area (Å²) < 4.78 is 0. The van der Waals surface area contributed by atoms with Crippen LogP contribution in [0, 0.1) is 6.92 Å². The third-order valence-electron chi connectivity index (χ3n) is 1.67. The Kier molecular flexibility index (Phi) is 1.42. The van der Waals surface area contributed by atoms with Gasteiger partial charge in [-0.2, -0.15) is 0 Å². The van der Waals surface area contributed by atoms with E-state index in [0.717, 1.165) is 0 Å². The summed E-state index contributed by atoms with van der Waals surface area (Å²) in [6.07, 6.45) is 3.14. The molecule has 0 aromatic carbocycles. The topological polar surface area (TPSA) is 12.9 Å². The molecule has 1 aliphatic heterocycles. The smallest absolute Gasteiger partial charge is 0.0992 e. The van der Waals surface area contributed by atoms with Crippen LogP contribution in [0.1, 0.15) is 11.1 Å². The Bertz CT molecular complexity index is 257. The molecule has 1 nitrogen and oxygen atoms in total. The third-order valence-corrected chi connectivity index (χ3v) is 2.72. The molecule has 0 saturated carbocycles. The highest BCUT2D eigenvalue weighted by atomic mass is 32.2. The fraction of sp³-hybridized carbons (Fsp3) is 0.375. The summed E-state index contributed by atoms with van der Waals surface area (Å²) in [6, 6.07) is 2.24. The number of thioether (sulfide) groups is 1. The van der Waals surface area contributed by atoms with Gasteiger partial charge in [-0.3, -0.25) is 0 Å². The lowest BCUT2D eigenvalue weighted by molar-refractivity contribution is 1.03. The predicted octanol–water partition coefficient (Wildman–Crippen LogP) is 2.04. The van der Waals surface area contributed by atoms with Crippen molar-refractivity contribution in [3.63, 3.8) is 0 Å². The van der Waals surface area contributed by atoms with Crippen LogP contribution < -0.4 is 0 Å². The molecule has 52 valence electrons. The lowest BCUT2D eigenvalue weighted by Crippen LogP contribution is -1.84. The van der Waals surface area contributed by atoms with E-state index in [1.807, 2.05) is 18.0 Å². The highest BCUT2D eigenvalue weighted by Gasteiger charge is 2.11. The molecule has 2 heteroatoms. The largest absolute Gasteiger partial charge is 0.249 e. The first-order valence-corrected chi connectivity index (χ1v) is 4.43. The van der Waals surface area contributed by atoms with Crippen molar-refractivity contribution in [1.29, 1.82) is 0 Å². The summed E-state index contributed by atoms with van der Waals surface area (Å²) >= 11 is 1.87. The average Bonchev–Trinajstić information content (AvgIpc) is 2.33. The van der Waals surface area contributed by atoms with Crippen LogP contribution in [0.2, 0.25) is 0 Å². The van der Waals surface area contributed by atoms with E-state index in [0.29, 0.717) is 0 Å². The normalized spacial score (nSPS) is 15.3. The van der Waals surface area contributed by atoms with Gasteiger partial charge in [0, 0.05) is 11.9 Å². The Morgan fingerprint density at radius 2 is 2.50 bits per heavy atom. The monoisotopic (exact) mass is 151 g/mol. The molecule has 0 N–H and O–H groups in total. The molecule has 1 aromatic rings. The molecule has 0 saturated heterocycles. The Labute approximate surface area is 64.9 Å². The van der Waals surface area contributed by atoms with E-state index in [4.69, 9.17) is 0 Å². The van der Waals surface area contributed by atoms with Gasteiger partial charge in [0.15, 0.2) is 0 Å². The second kappa shape index (κ2) is 2.27. The Balaban J connectivity index is 2.52. The molecule has 10 heavy (non-hydrogen) atoms. The number of pyridine rings is 1. The number of aryl methyl sites for hydroxylation is 2. The summed E-state index contributed by atoms with van der Waals surface area (Å²) in [7, 11) is 0. The molecule has 0 unspecified atom stereocenters. The van der Waals surface area contributed by atoms with Crippen molar-refractivity contribution < 1.29 is 0 Å². The number of rotatable bonds is 0. The fourth-order valence-electron chi connectivity index (χ4n) is 1.18. The fourth-order valence-corrected chi connectivity index (χ4v) is 2.17. The predicted molar refractivity (Wildman–Crippen MR) is 43.4 cm³/mol. The SMILES string of the molecule is Cc1cnc2c(c1)CCS2. The van der Waals surface area contributed by atoms with Crippen molar-refractivity contribution in [2.24, 2.45) is 0 Å². The molecule has 0 aliphatic carbocycles. The summed E-state index contributed by atoms with van der Waals surface area (Å²) in [5.41, 5.74) is 2.71. The van der Waals surface area contributed by atoms with Crippen molar-refractivity contribution >= 4 is 11.8 Å². The van der Waals surface area contributed by atoms with E-state index in [2.05, 4.69) is 18.0 Å². The first-order valence-electron chi connectivity index (χ1n) is 3.44. The van der Waals surface area contributed by atoms with Gasteiger partial charge in [-0.05, 0) is 24.5 Å². The summed E-state index contributed by atoms with van der Waals surface area (Å²) in [5.74, 6) is 1.21. The summed E-state index contributed by atoms with van der Waals surface area (Å²) in [5, 5.41) is 1.24. The number of hydrogen-bond donors (Lipinski definition) is 0. The Morgan fingerprint density at radius 3 is 3.40 bits per heavy atom. The van der Waals surface area contributed by atoms with Crippen LogP contribution in [0.3, 0.4) is 0 Å². The lowest BCUT2D eigenvalue weighted by Gasteiger charge is -1.96. The Morgan fingerprint density at radius 1 is 1.60 bits per heavy atom. The number of hydrogen-bond acceptors (Lipinski definition) is 2. The summed E-state index contributed by atoms with van der Waals surface area (Å²) in [6.45, 7) is 2.09. The van der Waals surface area contributed by atoms with Crippen LogP contribution in [0.25, 0.3) is 0 Å². The minimum absolute atomic E-state index is 1.20. The van der Waals surface area contributed by atoms with Gasteiger partial charge in [-0.1, -0.05) is 6.07 Å². The van der Waals surface area contributed by atoms with E-state index < -0.39 is 0 Å². The van der Waals surface area contributed by atoms with Crippen LogP contribution in [0.5, 0.6) is 0 Å². The second-order valence-corrected chi connectivity index (χ2v) is 3.66. The highest BCUT2D eigenvalue weighted by molar-refractivity contribution is 7.99. The van der Waals surface area contributed by atoms with Gasteiger partial charge in [0.2, 0.25) is 0 Å². The molecule has 0 radical (unpaired) electrons. The minimum atomic E-state index is 1.20. The van der Waals surface area contributed by atoms with Crippen molar-refractivity contribution in [1.82, 2.24) is 4.98 Å². The molecule has 2 rings (SSSR count). The van der Waals surface area contributed by atoms with Crippen molar-refractivity contribution in [2.75, 3.05) is 5.75 Å². The first-order chi connectivity index (χ1) is 4.86.